The third kappa shape index (κ3) is 6.95. The van der Waals surface area contributed by atoms with Gasteiger partial charge in [-0.25, -0.2) is 9.98 Å². The van der Waals surface area contributed by atoms with E-state index in [0.717, 1.165) is 27.7 Å². The van der Waals surface area contributed by atoms with Gasteiger partial charge in [0.05, 0.1) is 28.9 Å². The number of hydrogen-bond donors (Lipinski definition) is 2. The molecule has 0 aliphatic rings. The Morgan fingerprint density at radius 3 is 2.56 bits per heavy atom. The number of aromatic nitrogens is 1. The zero-order chi connectivity index (χ0) is 19.3. The van der Waals surface area contributed by atoms with E-state index < -0.39 is 11.7 Å². The second-order valence-electron chi connectivity index (χ2n) is 5.93. The molecule has 1 heterocycles. The van der Waals surface area contributed by atoms with Gasteiger partial charge >= 0.3 is 6.18 Å². The fraction of sp³-hybridized carbons (Fsp3) is 0.444. The molecule has 0 bridgehead atoms. The summed E-state index contributed by atoms with van der Waals surface area (Å²) in [5, 5.41) is 7.28. The Morgan fingerprint density at radius 1 is 1.30 bits per heavy atom. The summed E-state index contributed by atoms with van der Waals surface area (Å²) in [5.41, 5.74) is 0.856. The molecule has 2 N–H and O–H groups in total. The Bertz CT molecular complexity index is 774. The van der Waals surface area contributed by atoms with Crippen molar-refractivity contribution >= 4 is 41.3 Å². The van der Waals surface area contributed by atoms with Crippen LogP contribution in [0.15, 0.2) is 29.3 Å². The van der Waals surface area contributed by atoms with Crippen molar-refractivity contribution in [2.75, 3.05) is 6.54 Å². The zero-order valence-electron chi connectivity index (χ0n) is 15.6. The van der Waals surface area contributed by atoms with E-state index in [-0.39, 0.29) is 30.0 Å². The monoisotopic (exact) mass is 512 g/mol. The van der Waals surface area contributed by atoms with Crippen LogP contribution in [0.4, 0.5) is 13.2 Å². The van der Waals surface area contributed by atoms with Crippen molar-refractivity contribution in [1.82, 2.24) is 15.6 Å². The molecule has 0 radical (unpaired) electrons. The molecule has 0 aliphatic heterocycles. The predicted octanol–water partition coefficient (Wildman–Crippen LogP) is 5.21. The fourth-order valence-electron chi connectivity index (χ4n) is 2.46. The summed E-state index contributed by atoms with van der Waals surface area (Å²) in [6, 6.07) is 5.01. The highest BCUT2D eigenvalue weighted by atomic mass is 127. The fourth-order valence-corrected chi connectivity index (χ4v) is 3.33. The maximum Gasteiger partial charge on any atom is 0.416 e. The van der Waals surface area contributed by atoms with E-state index in [4.69, 9.17) is 0 Å². The van der Waals surface area contributed by atoms with Crippen LogP contribution in [0, 0.1) is 13.8 Å². The van der Waals surface area contributed by atoms with Crippen molar-refractivity contribution in [3.05, 3.63) is 51.0 Å². The Labute approximate surface area is 178 Å². The molecular weight excluding hydrogens is 488 g/mol. The first-order valence-electron chi connectivity index (χ1n) is 8.35. The number of hydrogen-bond acceptors (Lipinski definition) is 3. The average Bonchev–Trinajstić information content (AvgIpc) is 2.89. The van der Waals surface area contributed by atoms with Crippen LogP contribution in [0.25, 0.3) is 0 Å². The second kappa shape index (κ2) is 10.3. The van der Waals surface area contributed by atoms with Crippen molar-refractivity contribution in [3.8, 4) is 0 Å². The minimum atomic E-state index is -4.35. The van der Waals surface area contributed by atoms with E-state index in [1.54, 1.807) is 17.4 Å². The Hall–Kier alpha value is -1.36. The van der Waals surface area contributed by atoms with Crippen LogP contribution in [0.1, 0.15) is 46.6 Å². The Balaban J connectivity index is 0.00000364. The normalized spacial score (nSPS) is 13.1. The first-order chi connectivity index (χ1) is 12.2. The lowest BCUT2D eigenvalue weighted by Gasteiger charge is -2.19. The van der Waals surface area contributed by atoms with Gasteiger partial charge in [0.15, 0.2) is 5.96 Å². The van der Waals surface area contributed by atoms with Crippen molar-refractivity contribution in [2.45, 2.75) is 46.5 Å². The number of benzene rings is 1. The highest BCUT2D eigenvalue weighted by Gasteiger charge is 2.30. The number of aliphatic imine (C=N–C) groups is 1. The summed E-state index contributed by atoms with van der Waals surface area (Å²) in [6.07, 6.45) is -4.35. The molecule has 0 amide bonds. The van der Waals surface area contributed by atoms with Gasteiger partial charge < -0.3 is 10.6 Å². The van der Waals surface area contributed by atoms with Gasteiger partial charge in [-0.15, -0.1) is 35.3 Å². The topological polar surface area (TPSA) is 49.3 Å². The van der Waals surface area contributed by atoms with E-state index in [0.29, 0.717) is 24.6 Å². The number of aryl methyl sites for hydroxylation is 2. The molecule has 0 spiro atoms. The standard InChI is InChI=1S/C18H23F3N4S.HI/c1-5-22-17(23-10-16-12(3)24-13(4)26-16)25-11(2)14-7-6-8-15(9-14)18(19,20)21;/h6-9,11H,5,10H2,1-4H3,(H2,22,23,25);1H. The van der Waals surface area contributed by atoms with Gasteiger partial charge in [0.1, 0.15) is 0 Å². The number of alkyl halides is 3. The summed E-state index contributed by atoms with van der Waals surface area (Å²) in [5.74, 6) is 0.558. The van der Waals surface area contributed by atoms with E-state index in [9.17, 15) is 13.2 Å². The number of rotatable bonds is 5. The predicted molar refractivity (Wildman–Crippen MR) is 115 cm³/mol. The summed E-state index contributed by atoms with van der Waals surface area (Å²) >= 11 is 1.60. The van der Waals surface area contributed by atoms with Gasteiger partial charge in [-0.05, 0) is 45.4 Å². The van der Waals surface area contributed by atoms with Crippen molar-refractivity contribution in [1.29, 1.82) is 0 Å². The molecule has 0 fully saturated rings. The number of thiazole rings is 1. The molecule has 1 aromatic heterocycles. The van der Waals surface area contributed by atoms with Crippen molar-refractivity contribution in [3.63, 3.8) is 0 Å². The Morgan fingerprint density at radius 2 is 2.00 bits per heavy atom. The summed E-state index contributed by atoms with van der Waals surface area (Å²) < 4.78 is 38.7. The molecule has 4 nitrogen and oxygen atoms in total. The van der Waals surface area contributed by atoms with Crippen molar-refractivity contribution < 1.29 is 13.2 Å². The van der Waals surface area contributed by atoms with E-state index in [2.05, 4.69) is 20.6 Å². The van der Waals surface area contributed by atoms with Crippen LogP contribution >= 0.6 is 35.3 Å². The molecule has 0 saturated carbocycles. The van der Waals surface area contributed by atoms with Crippen LogP contribution in [-0.4, -0.2) is 17.5 Å². The molecular formula is C18H24F3IN4S. The lowest BCUT2D eigenvalue weighted by atomic mass is 10.1. The van der Waals surface area contributed by atoms with E-state index in [1.807, 2.05) is 27.7 Å². The molecule has 2 aromatic rings. The van der Waals surface area contributed by atoms with Gasteiger partial charge in [-0.2, -0.15) is 13.2 Å². The summed E-state index contributed by atoms with van der Waals surface area (Å²) in [7, 11) is 0. The average molecular weight is 512 g/mol. The van der Waals surface area contributed by atoms with E-state index in [1.165, 1.54) is 6.07 Å². The highest BCUT2D eigenvalue weighted by molar-refractivity contribution is 14.0. The third-order valence-corrected chi connectivity index (χ3v) is 4.85. The SMILES string of the molecule is CCNC(=NCc1sc(C)nc1C)NC(C)c1cccc(C(F)(F)F)c1.I. The smallest absolute Gasteiger partial charge is 0.357 e. The molecule has 0 saturated heterocycles. The molecule has 0 aliphatic carbocycles. The van der Waals surface area contributed by atoms with Crippen LogP contribution in [0.3, 0.4) is 0 Å². The highest BCUT2D eigenvalue weighted by Crippen LogP contribution is 2.30. The minimum Gasteiger partial charge on any atom is -0.357 e. The quantitative estimate of drug-likeness (QED) is 0.329. The van der Waals surface area contributed by atoms with Gasteiger partial charge in [-0.1, -0.05) is 12.1 Å². The summed E-state index contributed by atoms with van der Waals surface area (Å²) in [6.45, 7) is 8.77. The number of halogens is 4. The van der Waals surface area contributed by atoms with E-state index >= 15 is 0 Å². The number of guanidine groups is 1. The second-order valence-corrected chi connectivity index (χ2v) is 7.21. The molecule has 1 unspecified atom stereocenters. The molecule has 1 atom stereocenters. The maximum absolute atomic E-state index is 12.9. The zero-order valence-corrected chi connectivity index (χ0v) is 18.8. The van der Waals surface area contributed by atoms with Crippen LogP contribution in [0.2, 0.25) is 0 Å². The van der Waals surface area contributed by atoms with Gasteiger partial charge in [0, 0.05) is 11.4 Å². The van der Waals surface area contributed by atoms with Crippen molar-refractivity contribution in [2.24, 2.45) is 4.99 Å². The number of nitrogens with zero attached hydrogens (tertiary/aromatic N) is 2. The molecule has 1 aromatic carbocycles. The third-order valence-electron chi connectivity index (χ3n) is 3.79. The minimum absolute atomic E-state index is 0. The molecule has 27 heavy (non-hydrogen) atoms. The molecule has 150 valence electrons. The van der Waals surface area contributed by atoms with Crippen LogP contribution in [-0.2, 0) is 12.7 Å². The van der Waals surface area contributed by atoms with Crippen LogP contribution in [0.5, 0.6) is 0 Å². The first-order valence-corrected chi connectivity index (χ1v) is 9.17. The lowest BCUT2D eigenvalue weighted by Crippen LogP contribution is -2.38. The Kier molecular flexibility index (Phi) is 9.00. The van der Waals surface area contributed by atoms with Crippen LogP contribution < -0.4 is 10.6 Å². The first kappa shape index (κ1) is 23.7. The maximum atomic E-state index is 12.9. The van der Waals surface area contributed by atoms with Gasteiger partial charge in [-0.3, -0.25) is 0 Å². The molecule has 2 rings (SSSR count). The lowest BCUT2D eigenvalue weighted by molar-refractivity contribution is -0.137. The van der Waals surface area contributed by atoms with Gasteiger partial charge in [0.2, 0.25) is 0 Å². The molecule has 9 heteroatoms. The van der Waals surface area contributed by atoms with Gasteiger partial charge in [0.25, 0.3) is 0 Å². The summed E-state index contributed by atoms with van der Waals surface area (Å²) in [4.78, 5) is 9.99. The number of nitrogens with one attached hydrogen (secondary N) is 2. The largest absolute Gasteiger partial charge is 0.416 e.